The van der Waals surface area contributed by atoms with Crippen molar-refractivity contribution in [1.29, 1.82) is 0 Å². The van der Waals surface area contributed by atoms with Gasteiger partial charge in [-0.15, -0.1) is 0 Å². The first-order valence-electron chi connectivity index (χ1n) is 10.5. The molecule has 32 heavy (non-hydrogen) atoms. The third-order valence-electron chi connectivity index (χ3n) is 4.80. The van der Waals surface area contributed by atoms with Gasteiger partial charge in [0.2, 0.25) is 5.91 Å². The highest BCUT2D eigenvalue weighted by atomic mass is 32.2. The maximum atomic E-state index is 13.2. The molecule has 1 amide bonds. The van der Waals surface area contributed by atoms with Crippen LogP contribution in [0, 0.1) is 6.92 Å². The van der Waals surface area contributed by atoms with E-state index < -0.39 is 10.0 Å². The number of anilines is 1. The predicted molar refractivity (Wildman–Crippen MR) is 132 cm³/mol. The lowest BCUT2D eigenvalue weighted by Gasteiger charge is -2.24. The molecule has 0 aliphatic rings. The third kappa shape index (κ3) is 6.87. The summed E-state index contributed by atoms with van der Waals surface area (Å²) in [5.74, 6) is 1.53. The van der Waals surface area contributed by atoms with Gasteiger partial charge in [0.1, 0.15) is 6.54 Å². The second kappa shape index (κ2) is 11.7. The smallest absolute Gasteiger partial charge is 0.264 e. The molecular formula is C25H28N2O3S2. The summed E-state index contributed by atoms with van der Waals surface area (Å²) in [6.07, 6.45) is 0.818. The number of aryl methyl sites for hydroxylation is 1. The van der Waals surface area contributed by atoms with Crippen LogP contribution >= 0.6 is 11.8 Å². The van der Waals surface area contributed by atoms with Crippen LogP contribution in [-0.4, -0.2) is 33.2 Å². The highest BCUT2D eigenvalue weighted by Crippen LogP contribution is 2.23. The number of benzene rings is 3. The molecule has 0 saturated carbocycles. The van der Waals surface area contributed by atoms with Crippen molar-refractivity contribution in [2.75, 3.05) is 23.1 Å². The molecular weight excluding hydrogens is 440 g/mol. The second-order valence-corrected chi connectivity index (χ2v) is 10.4. The van der Waals surface area contributed by atoms with Gasteiger partial charge in [-0.3, -0.25) is 9.10 Å². The number of nitrogens with one attached hydrogen (secondary N) is 1. The van der Waals surface area contributed by atoms with Gasteiger partial charge in [-0.2, -0.15) is 11.8 Å². The first-order chi connectivity index (χ1) is 15.5. The average molecular weight is 469 g/mol. The Balaban J connectivity index is 1.53. The minimum Gasteiger partial charge on any atom is -0.354 e. The number of sulfonamides is 1. The van der Waals surface area contributed by atoms with Crippen LogP contribution in [0.4, 0.5) is 5.69 Å². The van der Waals surface area contributed by atoms with Gasteiger partial charge in [-0.1, -0.05) is 66.2 Å². The summed E-state index contributed by atoms with van der Waals surface area (Å²) < 4.78 is 27.5. The van der Waals surface area contributed by atoms with Gasteiger partial charge in [0.05, 0.1) is 10.6 Å². The Labute approximate surface area is 194 Å². The minimum absolute atomic E-state index is 0.157. The molecule has 0 spiro atoms. The number of para-hydroxylation sites is 1. The molecule has 1 N–H and O–H groups in total. The topological polar surface area (TPSA) is 66.5 Å². The summed E-state index contributed by atoms with van der Waals surface area (Å²) in [5.41, 5.74) is 3.01. The van der Waals surface area contributed by atoms with E-state index in [-0.39, 0.29) is 17.3 Å². The summed E-state index contributed by atoms with van der Waals surface area (Å²) in [6, 6.07) is 25.3. The maximum Gasteiger partial charge on any atom is 0.264 e. The molecule has 0 aliphatic carbocycles. The molecule has 3 rings (SSSR count). The van der Waals surface area contributed by atoms with E-state index in [4.69, 9.17) is 0 Å². The van der Waals surface area contributed by atoms with Crippen molar-refractivity contribution in [2.45, 2.75) is 24.0 Å². The lowest BCUT2D eigenvalue weighted by Crippen LogP contribution is -2.41. The fraction of sp³-hybridized carbons (Fsp3) is 0.240. The Morgan fingerprint density at radius 3 is 2.31 bits per heavy atom. The minimum atomic E-state index is -3.85. The number of carbonyl (C=O) groups is 1. The van der Waals surface area contributed by atoms with Gasteiger partial charge in [0, 0.05) is 12.3 Å². The zero-order chi connectivity index (χ0) is 22.8. The quantitative estimate of drug-likeness (QED) is 0.417. The highest BCUT2D eigenvalue weighted by molar-refractivity contribution is 7.98. The Morgan fingerprint density at radius 2 is 1.62 bits per heavy atom. The van der Waals surface area contributed by atoms with E-state index in [1.54, 1.807) is 42.5 Å². The van der Waals surface area contributed by atoms with Crippen molar-refractivity contribution in [1.82, 2.24) is 5.32 Å². The molecule has 168 valence electrons. The van der Waals surface area contributed by atoms with Crippen LogP contribution in [0.15, 0.2) is 89.8 Å². The van der Waals surface area contributed by atoms with Gasteiger partial charge >= 0.3 is 0 Å². The van der Waals surface area contributed by atoms with E-state index in [0.29, 0.717) is 12.2 Å². The van der Waals surface area contributed by atoms with Crippen molar-refractivity contribution in [3.05, 3.63) is 96.1 Å². The van der Waals surface area contributed by atoms with Crippen molar-refractivity contribution in [2.24, 2.45) is 0 Å². The Hall–Kier alpha value is -2.77. The first-order valence-corrected chi connectivity index (χ1v) is 13.1. The summed E-state index contributed by atoms with van der Waals surface area (Å²) in [4.78, 5) is 12.7. The Bertz CT molecular complexity index is 1100. The summed E-state index contributed by atoms with van der Waals surface area (Å²) in [7, 11) is -3.85. The number of carbonyl (C=O) groups excluding carboxylic acids is 1. The predicted octanol–water partition coefficient (Wildman–Crippen LogP) is 4.63. The zero-order valence-electron chi connectivity index (χ0n) is 18.1. The standard InChI is InChI=1S/C25H28N2O3S2/c1-21-10-8-11-22(18-21)20-31-17-9-16-26-25(28)19-27(23-12-4-2-5-13-23)32(29,30)24-14-6-3-7-15-24/h2-8,10-15,18H,9,16-17,19-20H2,1H3,(H,26,28). The summed E-state index contributed by atoms with van der Waals surface area (Å²) in [6.45, 7) is 2.33. The molecule has 0 atom stereocenters. The fourth-order valence-corrected chi connectivity index (χ4v) is 5.56. The van der Waals surface area contributed by atoms with E-state index in [9.17, 15) is 13.2 Å². The van der Waals surface area contributed by atoms with Crippen molar-refractivity contribution in [3.8, 4) is 0 Å². The molecule has 3 aromatic carbocycles. The largest absolute Gasteiger partial charge is 0.354 e. The Morgan fingerprint density at radius 1 is 0.938 bits per heavy atom. The van der Waals surface area contributed by atoms with Gasteiger partial charge in [0.15, 0.2) is 0 Å². The van der Waals surface area contributed by atoms with E-state index in [0.717, 1.165) is 22.2 Å². The molecule has 5 nitrogen and oxygen atoms in total. The monoisotopic (exact) mass is 468 g/mol. The number of rotatable bonds is 11. The van der Waals surface area contributed by atoms with Crippen LogP contribution in [0.1, 0.15) is 17.5 Å². The number of amides is 1. The Kier molecular flexibility index (Phi) is 8.76. The van der Waals surface area contributed by atoms with Crippen LogP contribution in [0.2, 0.25) is 0 Å². The second-order valence-electron chi connectivity index (χ2n) is 7.41. The first kappa shape index (κ1) is 23.9. The lowest BCUT2D eigenvalue weighted by atomic mass is 10.2. The molecule has 0 aliphatic heterocycles. The van der Waals surface area contributed by atoms with E-state index in [2.05, 4.69) is 36.5 Å². The molecule has 3 aromatic rings. The molecule has 7 heteroatoms. The number of thioether (sulfide) groups is 1. The zero-order valence-corrected chi connectivity index (χ0v) is 19.7. The van der Waals surface area contributed by atoms with Crippen molar-refractivity contribution >= 4 is 33.4 Å². The van der Waals surface area contributed by atoms with Crippen LogP contribution in [0.3, 0.4) is 0 Å². The molecule has 0 bridgehead atoms. The molecule has 0 fully saturated rings. The molecule has 0 aromatic heterocycles. The van der Waals surface area contributed by atoms with E-state index in [1.165, 1.54) is 23.3 Å². The van der Waals surface area contributed by atoms with Crippen LogP contribution in [0.5, 0.6) is 0 Å². The van der Waals surface area contributed by atoms with E-state index >= 15 is 0 Å². The van der Waals surface area contributed by atoms with E-state index in [1.807, 2.05) is 17.8 Å². The number of nitrogens with zero attached hydrogens (tertiary/aromatic N) is 1. The average Bonchev–Trinajstić information content (AvgIpc) is 2.81. The lowest BCUT2D eigenvalue weighted by molar-refractivity contribution is -0.119. The number of hydrogen-bond acceptors (Lipinski definition) is 4. The van der Waals surface area contributed by atoms with Crippen molar-refractivity contribution in [3.63, 3.8) is 0 Å². The molecule has 0 unspecified atom stereocenters. The maximum absolute atomic E-state index is 13.2. The fourth-order valence-electron chi connectivity index (χ4n) is 3.21. The van der Waals surface area contributed by atoms with Gasteiger partial charge in [-0.05, 0) is 48.9 Å². The van der Waals surface area contributed by atoms with Gasteiger partial charge in [-0.25, -0.2) is 8.42 Å². The normalized spacial score (nSPS) is 11.2. The third-order valence-corrected chi connectivity index (χ3v) is 7.70. The summed E-state index contributed by atoms with van der Waals surface area (Å²) in [5, 5.41) is 2.86. The van der Waals surface area contributed by atoms with Crippen LogP contribution in [0.25, 0.3) is 0 Å². The van der Waals surface area contributed by atoms with Crippen LogP contribution < -0.4 is 9.62 Å². The van der Waals surface area contributed by atoms with Gasteiger partial charge < -0.3 is 5.32 Å². The highest BCUT2D eigenvalue weighted by Gasteiger charge is 2.26. The molecule has 0 radical (unpaired) electrons. The molecule has 0 saturated heterocycles. The molecule has 0 heterocycles. The van der Waals surface area contributed by atoms with Gasteiger partial charge in [0.25, 0.3) is 10.0 Å². The van der Waals surface area contributed by atoms with Crippen molar-refractivity contribution < 1.29 is 13.2 Å². The summed E-state index contributed by atoms with van der Waals surface area (Å²) >= 11 is 1.82. The SMILES string of the molecule is Cc1cccc(CSCCCNC(=O)CN(c2ccccc2)S(=O)(=O)c2ccccc2)c1. The van der Waals surface area contributed by atoms with Crippen LogP contribution in [-0.2, 0) is 20.6 Å². The number of hydrogen-bond donors (Lipinski definition) is 1.